The van der Waals surface area contributed by atoms with Crippen LogP contribution >= 0.6 is 11.6 Å². The third-order valence-corrected chi connectivity index (χ3v) is 6.04. The smallest absolute Gasteiger partial charge is 0.416 e. The van der Waals surface area contributed by atoms with Gasteiger partial charge in [-0.2, -0.15) is 13.2 Å². The van der Waals surface area contributed by atoms with E-state index in [1.54, 1.807) is 18.2 Å². The highest BCUT2D eigenvalue weighted by molar-refractivity contribution is 6.31. The number of aromatic nitrogens is 1. The fourth-order valence-corrected chi connectivity index (χ4v) is 4.12. The number of alkyl halides is 3. The van der Waals surface area contributed by atoms with Crippen LogP contribution in [-0.4, -0.2) is 35.0 Å². The zero-order valence-electron chi connectivity index (χ0n) is 18.9. The number of amides is 1. The van der Waals surface area contributed by atoms with Crippen molar-refractivity contribution in [1.29, 1.82) is 0 Å². The molecular formula is C25H25ClF3N3O3. The first kappa shape index (κ1) is 25.2. The lowest BCUT2D eigenvalue weighted by atomic mass is 10.1. The summed E-state index contributed by atoms with van der Waals surface area (Å²) >= 11 is 6.32. The zero-order chi connectivity index (χ0) is 24.8. The Morgan fingerprint density at radius 3 is 2.71 bits per heavy atom. The predicted molar refractivity (Wildman–Crippen MR) is 124 cm³/mol. The highest BCUT2D eigenvalue weighted by atomic mass is 35.5. The van der Waals surface area contributed by atoms with Crippen molar-refractivity contribution in [1.82, 2.24) is 15.2 Å². The summed E-state index contributed by atoms with van der Waals surface area (Å²) in [4.78, 5) is 18.6. The van der Waals surface area contributed by atoms with E-state index in [4.69, 9.17) is 20.8 Å². The lowest BCUT2D eigenvalue weighted by molar-refractivity contribution is -0.137. The summed E-state index contributed by atoms with van der Waals surface area (Å²) in [5, 5.41) is 3.34. The van der Waals surface area contributed by atoms with Crippen molar-refractivity contribution in [2.24, 2.45) is 0 Å². The van der Waals surface area contributed by atoms with Gasteiger partial charge >= 0.3 is 6.18 Å². The van der Waals surface area contributed by atoms with Gasteiger partial charge in [0.15, 0.2) is 5.69 Å². The summed E-state index contributed by atoms with van der Waals surface area (Å²) in [6, 6.07) is 12.4. The Kier molecular flexibility index (Phi) is 8.10. The molecule has 4 rings (SSSR count). The van der Waals surface area contributed by atoms with Crippen LogP contribution in [0.3, 0.4) is 0 Å². The van der Waals surface area contributed by atoms with Gasteiger partial charge in [0.05, 0.1) is 18.2 Å². The number of nitrogens with one attached hydrogen (secondary N) is 1. The molecule has 2 aromatic carbocycles. The number of ether oxygens (including phenoxy) is 1. The largest absolute Gasteiger partial charge is 0.447 e. The first-order chi connectivity index (χ1) is 16.8. The van der Waals surface area contributed by atoms with Crippen LogP contribution in [-0.2, 0) is 30.5 Å². The standard InChI is InChI=1S/C25H25ClF3N3O3/c26-21-9-2-1-6-18(21)14-32(13-17-5-3-7-19(11-17)25(27,28)29)15-23-31-22(16-35-23)24(33)30-12-20-8-4-10-34-20/h1-3,5-7,9,11,16,20H,4,8,10,12-15H2,(H,30,33). The molecule has 1 fully saturated rings. The van der Waals surface area contributed by atoms with E-state index in [-0.39, 0.29) is 36.7 Å². The number of benzene rings is 2. The number of carbonyl (C=O) groups excluding carboxylic acids is 1. The van der Waals surface area contributed by atoms with Gasteiger partial charge in [0, 0.05) is 31.3 Å². The Balaban J connectivity index is 1.47. The van der Waals surface area contributed by atoms with Crippen LogP contribution in [0.25, 0.3) is 0 Å². The Bertz CT molecular complexity index is 1150. The number of halogens is 4. The van der Waals surface area contributed by atoms with E-state index < -0.39 is 11.7 Å². The lowest BCUT2D eigenvalue weighted by Gasteiger charge is -2.22. The minimum atomic E-state index is -4.43. The van der Waals surface area contributed by atoms with E-state index in [9.17, 15) is 18.0 Å². The molecule has 1 saturated heterocycles. The van der Waals surface area contributed by atoms with Crippen molar-refractivity contribution in [2.75, 3.05) is 13.2 Å². The molecule has 0 radical (unpaired) electrons. The molecule has 35 heavy (non-hydrogen) atoms. The molecule has 6 nitrogen and oxygen atoms in total. The SMILES string of the molecule is O=C(NCC1CCCO1)c1coc(CN(Cc2cccc(C(F)(F)F)c2)Cc2ccccc2Cl)n1. The molecule has 186 valence electrons. The first-order valence-corrected chi connectivity index (χ1v) is 11.6. The highest BCUT2D eigenvalue weighted by Gasteiger charge is 2.30. The van der Waals surface area contributed by atoms with Crippen molar-refractivity contribution in [2.45, 2.75) is 44.8 Å². The van der Waals surface area contributed by atoms with Crippen molar-refractivity contribution >= 4 is 17.5 Å². The van der Waals surface area contributed by atoms with Crippen LogP contribution in [0.5, 0.6) is 0 Å². The van der Waals surface area contributed by atoms with Crippen molar-refractivity contribution < 1.29 is 27.1 Å². The molecule has 1 aliphatic heterocycles. The first-order valence-electron chi connectivity index (χ1n) is 11.2. The van der Waals surface area contributed by atoms with E-state index >= 15 is 0 Å². The van der Waals surface area contributed by atoms with E-state index in [0.717, 1.165) is 30.5 Å². The average Bonchev–Trinajstić information content (AvgIpc) is 3.51. The molecular weight excluding hydrogens is 483 g/mol. The van der Waals surface area contributed by atoms with E-state index in [1.165, 1.54) is 12.3 Å². The predicted octanol–water partition coefficient (Wildman–Crippen LogP) is 5.46. The van der Waals surface area contributed by atoms with E-state index in [2.05, 4.69) is 10.3 Å². The summed E-state index contributed by atoms with van der Waals surface area (Å²) in [5.74, 6) is -0.0997. The third kappa shape index (κ3) is 7.06. The molecule has 1 N–H and O–H groups in total. The average molecular weight is 508 g/mol. The topological polar surface area (TPSA) is 67.6 Å². The maximum absolute atomic E-state index is 13.2. The molecule has 2 heterocycles. The van der Waals surface area contributed by atoms with Crippen LogP contribution < -0.4 is 5.32 Å². The second-order valence-corrected chi connectivity index (χ2v) is 8.81. The Hall–Kier alpha value is -2.88. The number of carbonyl (C=O) groups is 1. The minimum absolute atomic E-state index is 0.00361. The van der Waals surface area contributed by atoms with Crippen LogP contribution in [0.15, 0.2) is 59.2 Å². The van der Waals surface area contributed by atoms with Gasteiger partial charge in [-0.05, 0) is 36.1 Å². The fraction of sp³-hybridized carbons (Fsp3) is 0.360. The zero-order valence-corrected chi connectivity index (χ0v) is 19.6. The lowest BCUT2D eigenvalue weighted by Crippen LogP contribution is -2.32. The Labute approximate surface area is 206 Å². The van der Waals surface area contributed by atoms with Gasteiger partial charge < -0.3 is 14.5 Å². The molecule has 1 aromatic heterocycles. The summed E-state index contributed by atoms with van der Waals surface area (Å²) in [6.45, 7) is 1.80. The van der Waals surface area contributed by atoms with E-state index in [0.29, 0.717) is 30.3 Å². The molecule has 0 spiro atoms. The molecule has 3 aromatic rings. The number of rotatable bonds is 9. The maximum atomic E-state index is 13.2. The summed E-state index contributed by atoms with van der Waals surface area (Å²) in [7, 11) is 0. The van der Waals surface area contributed by atoms with Gasteiger partial charge in [0.2, 0.25) is 5.89 Å². The van der Waals surface area contributed by atoms with Gasteiger partial charge in [0.1, 0.15) is 6.26 Å². The second-order valence-electron chi connectivity index (χ2n) is 8.41. The normalized spacial score (nSPS) is 16.1. The summed E-state index contributed by atoms with van der Waals surface area (Å²) < 4.78 is 50.6. The number of nitrogens with zero attached hydrogens (tertiary/aromatic N) is 2. The highest BCUT2D eigenvalue weighted by Crippen LogP contribution is 2.30. The van der Waals surface area contributed by atoms with Crippen molar-refractivity contribution in [3.8, 4) is 0 Å². The number of hydrogen-bond acceptors (Lipinski definition) is 5. The van der Waals surface area contributed by atoms with Crippen LogP contribution in [0.2, 0.25) is 5.02 Å². The molecule has 1 atom stereocenters. The number of oxazole rings is 1. The quantitative estimate of drug-likeness (QED) is 0.416. The molecule has 0 aliphatic carbocycles. The summed E-state index contributed by atoms with van der Waals surface area (Å²) in [5.41, 5.74) is 0.707. The maximum Gasteiger partial charge on any atom is 0.416 e. The van der Waals surface area contributed by atoms with Gasteiger partial charge in [0.25, 0.3) is 5.91 Å². The third-order valence-electron chi connectivity index (χ3n) is 5.67. The van der Waals surface area contributed by atoms with Crippen LogP contribution in [0.4, 0.5) is 13.2 Å². The summed E-state index contributed by atoms with van der Waals surface area (Å²) in [6.07, 6.45) is -1.28. The van der Waals surface area contributed by atoms with Crippen molar-refractivity contribution in [3.63, 3.8) is 0 Å². The monoisotopic (exact) mass is 507 g/mol. The van der Waals surface area contributed by atoms with Gasteiger partial charge in [-0.3, -0.25) is 9.69 Å². The van der Waals surface area contributed by atoms with Gasteiger partial charge in [-0.1, -0.05) is 48.0 Å². The van der Waals surface area contributed by atoms with E-state index in [1.807, 2.05) is 17.0 Å². The van der Waals surface area contributed by atoms with Gasteiger partial charge in [-0.25, -0.2) is 4.98 Å². The van der Waals surface area contributed by atoms with Gasteiger partial charge in [-0.15, -0.1) is 0 Å². The molecule has 1 unspecified atom stereocenters. The molecule has 0 saturated carbocycles. The van der Waals surface area contributed by atoms with Crippen LogP contribution in [0, 0.1) is 0 Å². The molecule has 0 bridgehead atoms. The molecule has 1 aliphatic rings. The van der Waals surface area contributed by atoms with Crippen LogP contribution in [0.1, 0.15) is 45.9 Å². The Morgan fingerprint density at radius 1 is 1.14 bits per heavy atom. The second kappa shape index (κ2) is 11.2. The molecule has 10 heteroatoms. The number of hydrogen-bond donors (Lipinski definition) is 1. The van der Waals surface area contributed by atoms with Crippen molar-refractivity contribution in [3.05, 3.63) is 88.1 Å². The fourth-order valence-electron chi connectivity index (χ4n) is 3.92. The minimum Gasteiger partial charge on any atom is -0.447 e. The molecule has 1 amide bonds. The Morgan fingerprint density at radius 2 is 1.97 bits per heavy atom.